The fourth-order valence-electron chi connectivity index (χ4n) is 3.24. The van der Waals surface area contributed by atoms with E-state index < -0.39 is 16.3 Å². The predicted molar refractivity (Wildman–Crippen MR) is 108 cm³/mol. The lowest BCUT2D eigenvalue weighted by Crippen LogP contribution is -2.12. The van der Waals surface area contributed by atoms with Crippen LogP contribution in [0.5, 0.6) is 5.75 Å². The number of ether oxygens (including phenoxy) is 1. The highest BCUT2D eigenvalue weighted by Crippen LogP contribution is 2.30. The third-order valence-electron chi connectivity index (χ3n) is 4.73. The number of nitrogens with zero attached hydrogens (tertiary/aromatic N) is 1. The lowest BCUT2D eigenvalue weighted by Gasteiger charge is -2.11. The van der Waals surface area contributed by atoms with Crippen molar-refractivity contribution < 1.29 is 18.9 Å². The molecule has 0 radical (unpaired) electrons. The van der Waals surface area contributed by atoms with Crippen molar-refractivity contribution in [2.24, 2.45) is 0 Å². The number of hydrogen-bond acceptors (Lipinski definition) is 6. The van der Waals surface area contributed by atoms with Crippen molar-refractivity contribution in [1.82, 2.24) is 0 Å². The second kappa shape index (κ2) is 7.20. The molecule has 0 fully saturated rings. The number of ketones is 1. The van der Waals surface area contributed by atoms with Gasteiger partial charge >= 0.3 is 5.63 Å². The molecule has 1 aromatic heterocycles. The van der Waals surface area contributed by atoms with Gasteiger partial charge in [0.1, 0.15) is 11.3 Å². The molecule has 3 aromatic carbocycles. The number of nitro groups is 1. The lowest BCUT2D eigenvalue weighted by molar-refractivity contribution is -0.384. The Hall–Kier alpha value is -4.00. The van der Waals surface area contributed by atoms with Crippen LogP contribution in [0.1, 0.15) is 15.9 Å². The highest BCUT2D eigenvalue weighted by molar-refractivity contribution is 6.05. The first kappa shape index (κ1) is 18.4. The summed E-state index contributed by atoms with van der Waals surface area (Å²) in [4.78, 5) is 35.0. The monoisotopic (exact) mass is 389 g/mol. The van der Waals surface area contributed by atoms with Crippen LogP contribution in [0.25, 0.3) is 21.7 Å². The van der Waals surface area contributed by atoms with E-state index in [0.29, 0.717) is 22.3 Å². The van der Waals surface area contributed by atoms with Gasteiger partial charge in [0.25, 0.3) is 5.69 Å². The third-order valence-corrected chi connectivity index (χ3v) is 4.73. The van der Waals surface area contributed by atoms with E-state index in [1.807, 2.05) is 12.1 Å². The molecule has 144 valence electrons. The molecule has 0 atom stereocenters. The maximum absolute atomic E-state index is 12.4. The van der Waals surface area contributed by atoms with Crippen LogP contribution in [0.3, 0.4) is 0 Å². The van der Waals surface area contributed by atoms with Crippen LogP contribution in [0.4, 0.5) is 5.69 Å². The van der Waals surface area contributed by atoms with Crippen molar-refractivity contribution in [1.29, 1.82) is 0 Å². The van der Waals surface area contributed by atoms with Crippen molar-refractivity contribution in [3.8, 4) is 5.75 Å². The van der Waals surface area contributed by atoms with Gasteiger partial charge < -0.3 is 9.15 Å². The Balaban J connectivity index is 1.65. The van der Waals surface area contributed by atoms with Crippen molar-refractivity contribution in [2.75, 3.05) is 6.61 Å². The van der Waals surface area contributed by atoms with E-state index in [9.17, 15) is 19.7 Å². The fraction of sp³-hybridized carbons (Fsp3) is 0.0909. The van der Waals surface area contributed by atoms with Gasteiger partial charge in [-0.3, -0.25) is 14.9 Å². The maximum atomic E-state index is 12.4. The standard InChI is InChI=1S/C22H15NO6/c1-13-20(28-12-19(24)14-5-4-6-15(11-14)23(26)27)10-9-17-16-7-2-3-8-18(16)22(25)29-21(13)17/h2-11H,12H2,1H3. The van der Waals surface area contributed by atoms with Gasteiger partial charge in [-0.2, -0.15) is 0 Å². The van der Waals surface area contributed by atoms with Crippen LogP contribution >= 0.6 is 0 Å². The van der Waals surface area contributed by atoms with Gasteiger partial charge in [0.05, 0.1) is 10.3 Å². The van der Waals surface area contributed by atoms with Crippen LogP contribution in [-0.4, -0.2) is 17.3 Å². The van der Waals surface area contributed by atoms with Gasteiger partial charge in [0.15, 0.2) is 12.4 Å². The molecule has 0 aliphatic carbocycles. The van der Waals surface area contributed by atoms with Gasteiger partial charge in [-0.1, -0.05) is 30.3 Å². The Bertz CT molecular complexity index is 1340. The molecule has 4 rings (SSSR count). The summed E-state index contributed by atoms with van der Waals surface area (Å²) in [6.45, 7) is 1.44. The maximum Gasteiger partial charge on any atom is 0.344 e. The van der Waals surface area contributed by atoms with E-state index >= 15 is 0 Å². The number of carbonyl (C=O) groups is 1. The Kier molecular flexibility index (Phi) is 4.56. The quantitative estimate of drug-likeness (QED) is 0.165. The average molecular weight is 389 g/mol. The van der Waals surface area contributed by atoms with E-state index in [1.54, 1.807) is 31.2 Å². The molecule has 0 N–H and O–H groups in total. The minimum atomic E-state index is -0.558. The summed E-state index contributed by atoms with van der Waals surface area (Å²) < 4.78 is 11.1. The van der Waals surface area contributed by atoms with Crippen LogP contribution in [0.2, 0.25) is 0 Å². The minimum Gasteiger partial charge on any atom is -0.485 e. The van der Waals surface area contributed by atoms with Crippen LogP contribution in [0.15, 0.2) is 69.9 Å². The van der Waals surface area contributed by atoms with Gasteiger partial charge in [-0.15, -0.1) is 0 Å². The molecule has 4 aromatic rings. The molecule has 0 spiro atoms. The number of hydrogen-bond donors (Lipinski definition) is 0. The highest BCUT2D eigenvalue weighted by atomic mass is 16.6. The SMILES string of the molecule is Cc1c(OCC(=O)c2cccc([N+](=O)[O-])c2)ccc2c1oc(=O)c1ccccc12. The lowest BCUT2D eigenvalue weighted by atomic mass is 10.0. The number of fused-ring (bicyclic) bond motifs is 3. The minimum absolute atomic E-state index is 0.161. The van der Waals surface area contributed by atoms with Crippen LogP contribution < -0.4 is 10.4 Å². The van der Waals surface area contributed by atoms with Gasteiger partial charge in [0, 0.05) is 28.6 Å². The summed E-state index contributed by atoms with van der Waals surface area (Å²) in [5, 5.41) is 12.9. The van der Waals surface area contributed by atoms with Gasteiger partial charge in [0.2, 0.25) is 0 Å². The zero-order chi connectivity index (χ0) is 20.5. The second-order valence-corrected chi connectivity index (χ2v) is 6.52. The largest absolute Gasteiger partial charge is 0.485 e. The van der Waals surface area contributed by atoms with Gasteiger partial charge in [-0.25, -0.2) is 4.79 Å². The summed E-state index contributed by atoms with van der Waals surface area (Å²) >= 11 is 0. The second-order valence-electron chi connectivity index (χ2n) is 6.52. The summed E-state index contributed by atoms with van der Waals surface area (Å²) in [5.74, 6) is 0.00266. The van der Waals surface area contributed by atoms with Crippen LogP contribution in [0, 0.1) is 17.0 Å². The van der Waals surface area contributed by atoms with Crippen molar-refractivity contribution in [3.63, 3.8) is 0 Å². The molecule has 0 unspecified atom stereocenters. The molecule has 7 nitrogen and oxygen atoms in total. The smallest absolute Gasteiger partial charge is 0.344 e. The number of Topliss-reactive ketones (excluding diaryl/α,β-unsaturated/α-hetero) is 1. The van der Waals surface area contributed by atoms with Crippen molar-refractivity contribution in [2.45, 2.75) is 6.92 Å². The van der Waals surface area contributed by atoms with E-state index in [1.165, 1.54) is 24.3 Å². The Labute approximate surface area is 164 Å². The summed E-state index contributed by atoms with van der Waals surface area (Å²) in [6, 6.07) is 16.1. The molecule has 0 saturated carbocycles. The topological polar surface area (TPSA) is 99.7 Å². The number of benzene rings is 3. The Morgan fingerprint density at radius 2 is 1.79 bits per heavy atom. The molecule has 1 heterocycles. The molecule has 0 aliphatic heterocycles. The van der Waals surface area contributed by atoms with Crippen molar-refractivity contribution >= 4 is 33.2 Å². The van der Waals surface area contributed by atoms with Crippen LogP contribution in [-0.2, 0) is 0 Å². The molecule has 29 heavy (non-hydrogen) atoms. The van der Waals surface area contributed by atoms with E-state index in [2.05, 4.69) is 0 Å². The molecule has 0 bridgehead atoms. The first-order valence-corrected chi connectivity index (χ1v) is 8.81. The fourth-order valence-corrected chi connectivity index (χ4v) is 3.24. The number of rotatable bonds is 5. The predicted octanol–water partition coefficient (Wildman–Crippen LogP) is 4.42. The Morgan fingerprint density at radius 1 is 1.03 bits per heavy atom. The summed E-state index contributed by atoms with van der Waals surface area (Å²) in [7, 11) is 0. The average Bonchev–Trinajstić information content (AvgIpc) is 2.74. The molecule has 0 amide bonds. The molecule has 7 heteroatoms. The van der Waals surface area contributed by atoms with E-state index in [-0.39, 0.29) is 17.9 Å². The Morgan fingerprint density at radius 3 is 2.55 bits per heavy atom. The van der Waals surface area contributed by atoms with E-state index in [0.717, 1.165) is 10.8 Å². The first-order valence-electron chi connectivity index (χ1n) is 8.81. The number of non-ortho nitro benzene ring substituents is 1. The van der Waals surface area contributed by atoms with Crippen molar-refractivity contribution in [3.05, 3.63) is 92.3 Å². The number of carbonyl (C=O) groups excluding carboxylic acids is 1. The number of nitro benzene ring substituents is 1. The molecular weight excluding hydrogens is 374 g/mol. The normalized spacial score (nSPS) is 10.9. The molecule has 0 saturated heterocycles. The zero-order valence-corrected chi connectivity index (χ0v) is 15.4. The summed E-state index contributed by atoms with van der Waals surface area (Å²) in [5.41, 5.74) is 0.578. The first-order chi connectivity index (χ1) is 14.0. The summed E-state index contributed by atoms with van der Waals surface area (Å²) in [6.07, 6.45) is 0. The van der Waals surface area contributed by atoms with Gasteiger partial charge in [-0.05, 0) is 30.5 Å². The molecule has 0 aliphatic rings. The highest BCUT2D eigenvalue weighted by Gasteiger charge is 2.15. The third kappa shape index (κ3) is 3.34. The number of aryl methyl sites for hydroxylation is 1. The zero-order valence-electron chi connectivity index (χ0n) is 15.4. The van der Waals surface area contributed by atoms with E-state index in [4.69, 9.17) is 9.15 Å². The molecular formula is C22H15NO6.